The van der Waals surface area contributed by atoms with E-state index in [-0.39, 0.29) is 31.8 Å². The fraction of sp³-hybridized carbons (Fsp3) is 0.909. The lowest BCUT2D eigenvalue weighted by molar-refractivity contribution is -0.156. The number of unbranched alkanes of at least 4 members (excludes halogenated alkanes) is 8. The molecule has 0 heterocycles. The van der Waals surface area contributed by atoms with Crippen molar-refractivity contribution in [1.82, 2.24) is 0 Å². The van der Waals surface area contributed by atoms with Crippen molar-refractivity contribution in [2.75, 3.05) is 19.8 Å². The Morgan fingerprint density at radius 3 is 1.44 bits per heavy atom. The molecule has 27 heavy (non-hydrogen) atoms. The molecule has 0 aromatic carbocycles. The number of hydrogen-bond acceptors (Lipinski definition) is 5. The van der Waals surface area contributed by atoms with Crippen molar-refractivity contribution in [3.63, 3.8) is 0 Å². The molecule has 0 radical (unpaired) electrons. The maximum atomic E-state index is 11.9. The van der Waals surface area contributed by atoms with E-state index in [1.165, 1.54) is 25.7 Å². The summed E-state index contributed by atoms with van der Waals surface area (Å²) < 4.78 is 10.7. The zero-order valence-corrected chi connectivity index (χ0v) is 17.9. The molecule has 0 atom stereocenters. The molecule has 0 fully saturated rings. The molecule has 0 saturated carbocycles. The van der Waals surface area contributed by atoms with Gasteiger partial charge in [0.1, 0.15) is 13.2 Å². The third-order valence-corrected chi connectivity index (χ3v) is 5.13. The van der Waals surface area contributed by atoms with E-state index in [9.17, 15) is 14.7 Å². The largest absolute Gasteiger partial charge is 0.465 e. The van der Waals surface area contributed by atoms with Gasteiger partial charge in [0.2, 0.25) is 0 Å². The summed E-state index contributed by atoms with van der Waals surface area (Å²) in [5, 5.41) is 9.77. The van der Waals surface area contributed by atoms with Crippen molar-refractivity contribution < 1.29 is 24.2 Å². The summed E-state index contributed by atoms with van der Waals surface area (Å²) in [6.45, 7) is 6.25. The normalized spacial score (nSPS) is 11.4. The Morgan fingerprint density at radius 2 is 1.11 bits per heavy atom. The number of aliphatic hydroxyl groups excluding tert-OH is 1. The van der Waals surface area contributed by atoms with Gasteiger partial charge in [0, 0.05) is 12.8 Å². The number of rotatable bonds is 18. The molecule has 0 aliphatic rings. The monoisotopic (exact) mass is 386 g/mol. The van der Waals surface area contributed by atoms with Crippen molar-refractivity contribution in [3.05, 3.63) is 0 Å². The summed E-state index contributed by atoms with van der Waals surface area (Å²) in [7, 11) is 0. The molecule has 5 nitrogen and oxygen atoms in total. The van der Waals surface area contributed by atoms with Crippen LogP contribution in [0.1, 0.15) is 104 Å². The summed E-state index contributed by atoms with van der Waals surface area (Å²) in [4.78, 5) is 23.8. The van der Waals surface area contributed by atoms with Crippen LogP contribution in [-0.4, -0.2) is 36.9 Å². The molecular formula is C22H42O5. The van der Waals surface area contributed by atoms with Crippen molar-refractivity contribution in [3.8, 4) is 0 Å². The number of hydrogen-bond donors (Lipinski definition) is 1. The van der Waals surface area contributed by atoms with Crippen LogP contribution in [0.25, 0.3) is 0 Å². The molecule has 0 amide bonds. The van der Waals surface area contributed by atoms with Gasteiger partial charge in [-0.1, -0.05) is 72.1 Å². The van der Waals surface area contributed by atoms with Crippen LogP contribution in [0.2, 0.25) is 0 Å². The van der Waals surface area contributed by atoms with Gasteiger partial charge in [-0.25, -0.2) is 0 Å². The van der Waals surface area contributed by atoms with Crippen LogP contribution in [0.3, 0.4) is 0 Å². The first-order chi connectivity index (χ1) is 13.0. The third-order valence-electron chi connectivity index (χ3n) is 5.13. The molecule has 0 unspecified atom stereocenters. The van der Waals surface area contributed by atoms with E-state index < -0.39 is 5.41 Å². The second kappa shape index (κ2) is 17.0. The van der Waals surface area contributed by atoms with E-state index >= 15 is 0 Å². The molecule has 0 rings (SSSR count). The molecule has 0 aromatic rings. The minimum atomic E-state index is -0.699. The van der Waals surface area contributed by atoms with Crippen LogP contribution in [0.15, 0.2) is 0 Å². The standard InChI is InChI=1S/C22H42O5/c1-4-7-9-11-13-15-20(24)26-18-22(6-3,17-23)19-27-21(25)16-14-12-10-8-5-2/h23H,4-19H2,1-3H3. The smallest absolute Gasteiger partial charge is 0.305 e. The van der Waals surface area contributed by atoms with Gasteiger partial charge in [-0.3, -0.25) is 9.59 Å². The fourth-order valence-electron chi connectivity index (χ4n) is 2.81. The quantitative estimate of drug-likeness (QED) is 0.259. The van der Waals surface area contributed by atoms with Crippen LogP contribution >= 0.6 is 0 Å². The van der Waals surface area contributed by atoms with Gasteiger partial charge in [0.15, 0.2) is 0 Å². The van der Waals surface area contributed by atoms with Gasteiger partial charge < -0.3 is 14.6 Å². The highest BCUT2D eigenvalue weighted by Crippen LogP contribution is 2.23. The van der Waals surface area contributed by atoms with Crippen molar-refractivity contribution in [2.24, 2.45) is 5.41 Å². The van der Waals surface area contributed by atoms with E-state index in [1.54, 1.807) is 0 Å². The van der Waals surface area contributed by atoms with Gasteiger partial charge in [-0.05, 0) is 19.3 Å². The lowest BCUT2D eigenvalue weighted by Gasteiger charge is -2.29. The summed E-state index contributed by atoms with van der Waals surface area (Å²) in [6.07, 6.45) is 12.2. The van der Waals surface area contributed by atoms with E-state index in [0.29, 0.717) is 19.3 Å². The number of carbonyl (C=O) groups excluding carboxylic acids is 2. The van der Waals surface area contributed by atoms with Crippen molar-refractivity contribution >= 4 is 11.9 Å². The molecule has 0 aliphatic heterocycles. The minimum Gasteiger partial charge on any atom is -0.465 e. The SMILES string of the molecule is CCCCCCCC(=O)OCC(CC)(CO)COC(=O)CCCCCCC. The molecule has 0 bridgehead atoms. The summed E-state index contributed by atoms with van der Waals surface area (Å²) >= 11 is 0. The average molecular weight is 387 g/mol. The first-order valence-corrected chi connectivity index (χ1v) is 11.0. The van der Waals surface area contributed by atoms with E-state index in [0.717, 1.165) is 38.5 Å². The Labute approximate surface area is 166 Å². The summed E-state index contributed by atoms with van der Waals surface area (Å²) in [5.41, 5.74) is -0.699. The van der Waals surface area contributed by atoms with Gasteiger partial charge in [0.25, 0.3) is 0 Å². The average Bonchev–Trinajstić information content (AvgIpc) is 2.68. The molecule has 5 heteroatoms. The predicted octanol–water partition coefficient (Wildman–Crippen LogP) is 5.18. The highest BCUT2D eigenvalue weighted by molar-refractivity contribution is 5.69. The number of esters is 2. The molecule has 0 aliphatic carbocycles. The van der Waals surface area contributed by atoms with Crippen LogP contribution in [0, 0.1) is 5.41 Å². The van der Waals surface area contributed by atoms with Crippen LogP contribution in [0.4, 0.5) is 0 Å². The Bertz CT molecular complexity index is 345. The highest BCUT2D eigenvalue weighted by atomic mass is 16.5. The lowest BCUT2D eigenvalue weighted by Crippen LogP contribution is -2.37. The fourth-order valence-corrected chi connectivity index (χ4v) is 2.81. The Kier molecular flexibility index (Phi) is 16.3. The van der Waals surface area contributed by atoms with Crippen molar-refractivity contribution in [2.45, 2.75) is 104 Å². The van der Waals surface area contributed by atoms with Crippen LogP contribution < -0.4 is 0 Å². The molecule has 0 spiro atoms. The second-order valence-corrected chi connectivity index (χ2v) is 7.66. The maximum absolute atomic E-state index is 11.9. The lowest BCUT2D eigenvalue weighted by atomic mass is 9.88. The topological polar surface area (TPSA) is 72.8 Å². The Hall–Kier alpha value is -1.10. The second-order valence-electron chi connectivity index (χ2n) is 7.66. The van der Waals surface area contributed by atoms with Gasteiger partial charge in [-0.15, -0.1) is 0 Å². The third kappa shape index (κ3) is 13.7. The zero-order chi connectivity index (χ0) is 20.4. The van der Waals surface area contributed by atoms with Crippen molar-refractivity contribution in [1.29, 1.82) is 0 Å². The molecule has 0 aromatic heterocycles. The van der Waals surface area contributed by atoms with E-state index in [4.69, 9.17) is 9.47 Å². The van der Waals surface area contributed by atoms with Gasteiger partial charge >= 0.3 is 11.9 Å². The molecule has 1 N–H and O–H groups in total. The molecule has 0 saturated heterocycles. The molecule has 160 valence electrons. The number of carbonyl (C=O) groups is 2. The molecular weight excluding hydrogens is 344 g/mol. The highest BCUT2D eigenvalue weighted by Gasteiger charge is 2.31. The predicted molar refractivity (Wildman–Crippen MR) is 108 cm³/mol. The maximum Gasteiger partial charge on any atom is 0.305 e. The number of aliphatic hydroxyl groups is 1. The Morgan fingerprint density at radius 1 is 0.704 bits per heavy atom. The van der Waals surface area contributed by atoms with Crippen LogP contribution in [-0.2, 0) is 19.1 Å². The summed E-state index contributed by atoms with van der Waals surface area (Å²) in [5.74, 6) is -0.472. The van der Waals surface area contributed by atoms with E-state index in [1.807, 2.05) is 6.92 Å². The first-order valence-electron chi connectivity index (χ1n) is 11.0. The Balaban J connectivity index is 4.11. The van der Waals surface area contributed by atoms with Crippen LogP contribution in [0.5, 0.6) is 0 Å². The van der Waals surface area contributed by atoms with E-state index in [2.05, 4.69) is 13.8 Å². The number of ether oxygens (including phenoxy) is 2. The zero-order valence-electron chi connectivity index (χ0n) is 17.9. The van der Waals surface area contributed by atoms with Gasteiger partial charge in [0.05, 0.1) is 12.0 Å². The van der Waals surface area contributed by atoms with Gasteiger partial charge in [-0.2, -0.15) is 0 Å². The summed E-state index contributed by atoms with van der Waals surface area (Å²) in [6, 6.07) is 0. The first kappa shape index (κ1) is 25.9. The minimum absolute atomic E-state index is 0.0948.